The van der Waals surface area contributed by atoms with E-state index in [1.165, 1.54) is 0 Å². The lowest BCUT2D eigenvalue weighted by Crippen LogP contribution is -2.32. The van der Waals surface area contributed by atoms with Crippen molar-refractivity contribution in [3.05, 3.63) is 34.9 Å². The number of aliphatic hydroxyl groups is 1. The number of hydrogen-bond donors (Lipinski definition) is 2. The Bertz CT molecular complexity index is 364. The molecular weight excluding hydrogens is 258 g/mol. The van der Waals surface area contributed by atoms with Gasteiger partial charge in [-0.05, 0) is 36.5 Å². The fraction of sp³-hybridized carbons (Fsp3) is 0.625. The summed E-state index contributed by atoms with van der Waals surface area (Å²) in [5, 5.41) is 11.4. The molecule has 1 aromatic carbocycles. The van der Waals surface area contributed by atoms with E-state index >= 15 is 0 Å². The molecular formula is C16H26ClNO. The number of hydrogen-bond acceptors (Lipinski definition) is 2. The Labute approximate surface area is 122 Å². The summed E-state index contributed by atoms with van der Waals surface area (Å²) in [5.74, 6) is 0.296. The summed E-state index contributed by atoms with van der Waals surface area (Å²) < 4.78 is 0. The molecule has 0 fully saturated rings. The van der Waals surface area contributed by atoms with Crippen LogP contribution in [0.3, 0.4) is 0 Å². The molecule has 108 valence electrons. The molecule has 1 aromatic rings. The summed E-state index contributed by atoms with van der Waals surface area (Å²) in [7, 11) is 0. The highest BCUT2D eigenvalue weighted by Gasteiger charge is 2.27. The largest absolute Gasteiger partial charge is 0.392 e. The highest BCUT2D eigenvalue weighted by Crippen LogP contribution is 2.30. The van der Waals surface area contributed by atoms with Gasteiger partial charge in [0.05, 0.1) is 6.10 Å². The lowest BCUT2D eigenvalue weighted by atomic mass is 9.81. The minimum absolute atomic E-state index is 0.0261. The first-order valence-corrected chi connectivity index (χ1v) is 7.65. The minimum atomic E-state index is -0.386. The van der Waals surface area contributed by atoms with Crippen molar-refractivity contribution < 1.29 is 5.11 Å². The third-order valence-electron chi connectivity index (χ3n) is 3.74. The molecule has 1 rings (SSSR count). The summed E-state index contributed by atoms with van der Waals surface area (Å²) in [5.41, 5.74) is 6.92. The monoisotopic (exact) mass is 283 g/mol. The normalized spacial score (nSPS) is 14.6. The highest BCUT2D eigenvalue weighted by atomic mass is 35.5. The first kappa shape index (κ1) is 16.5. The molecule has 0 aliphatic rings. The van der Waals surface area contributed by atoms with Crippen LogP contribution in [0.1, 0.15) is 51.0 Å². The molecule has 3 N–H and O–H groups in total. The van der Waals surface area contributed by atoms with Gasteiger partial charge in [0.25, 0.3) is 0 Å². The minimum Gasteiger partial charge on any atom is -0.392 e. The molecule has 2 atom stereocenters. The molecule has 0 saturated heterocycles. The predicted molar refractivity (Wildman–Crippen MR) is 82.6 cm³/mol. The van der Waals surface area contributed by atoms with E-state index in [-0.39, 0.29) is 12.0 Å². The van der Waals surface area contributed by atoms with E-state index in [9.17, 15) is 5.11 Å². The van der Waals surface area contributed by atoms with Crippen molar-refractivity contribution in [3.8, 4) is 0 Å². The molecule has 0 aromatic heterocycles. The van der Waals surface area contributed by atoms with Crippen molar-refractivity contribution in [2.75, 3.05) is 6.54 Å². The van der Waals surface area contributed by atoms with Crippen LogP contribution in [0.5, 0.6) is 0 Å². The van der Waals surface area contributed by atoms with Crippen molar-refractivity contribution >= 4 is 11.6 Å². The molecule has 19 heavy (non-hydrogen) atoms. The fourth-order valence-corrected chi connectivity index (χ4v) is 2.96. The first-order valence-electron chi connectivity index (χ1n) is 7.27. The fourth-order valence-electron chi connectivity index (χ4n) is 2.77. The summed E-state index contributed by atoms with van der Waals surface area (Å²) in [6, 6.07) is 7.68. The molecule has 0 spiro atoms. The quantitative estimate of drug-likeness (QED) is 0.758. The maximum Gasteiger partial charge on any atom is 0.0648 e. The topological polar surface area (TPSA) is 46.2 Å². The lowest BCUT2D eigenvalue weighted by molar-refractivity contribution is 0.0722. The number of rotatable bonds is 8. The molecule has 0 aliphatic carbocycles. The van der Waals surface area contributed by atoms with Crippen molar-refractivity contribution in [2.24, 2.45) is 11.7 Å². The van der Waals surface area contributed by atoms with Gasteiger partial charge in [0, 0.05) is 17.5 Å². The molecule has 0 saturated carbocycles. The average molecular weight is 284 g/mol. The molecule has 0 radical (unpaired) electrons. The van der Waals surface area contributed by atoms with E-state index in [0.717, 1.165) is 31.2 Å². The van der Waals surface area contributed by atoms with Crippen LogP contribution in [0, 0.1) is 5.92 Å². The lowest BCUT2D eigenvalue weighted by Gasteiger charge is -2.29. The second kappa shape index (κ2) is 8.57. The number of halogens is 1. The Morgan fingerprint density at radius 1 is 1.21 bits per heavy atom. The van der Waals surface area contributed by atoms with Crippen LogP contribution in [-0.2, 0) is 0 Å². The summed E-state index contributed by atoms with van der Waals surface area (Å²) in [6.07, 6.45) is 3.89. The van der Waals surface area contributed by atoms with Gasteiger partial charge in [-0.25, -0.2) is 0 Å². The molecule has 0 amide bonds. The number of nitrogens with two attached hydrogens (primary N) is 1. The molecule has 0 bridgehead atoms. The van der Waals surface area contributed by atoms with E-state index in [0.29, 0.717) is 17.5 Å². The van der Waals surface area contributed by atoms with Crippen LogP contribution in [0.15, 0.2) is 24.3 Å². The van der Waals surface area contributed by atoms with Crippen molar-refractivity contribution in [1.82, 2.24) is 0 Å². The zero-order chi connectivity index (χ0) is 14.3. The van der Waals surface area contributed by atoms with Crippen LogP contribution >= 0.6 is 11.6 Å². The van der Waals surface area contributed by atoms with Crippen LogP contribution in [0.2, 0.25) is 5.02 Å². The SMILES string of the molecule is CCCC(CCC)C(O)C(CN)c1cccc(Cl)c1. The van der Waals surface area contributed by atoms with Crippen LogP contribution < -0.4 is 5.73 Å². The second-order valence-corrected chi connectivity index (χ2v) is 5.66. The summed E-state index contributed by atoms with van der Waals surface area (Å²) in [6.45, 7) is 4.77. The van der Waals surface area contributed by atoms with Crippen molar-refractivity contribution in [3.63, 3.8) is 0 Å². The van der Waals surface area contributed by atoms with Gasteiger partial charge < -0.3 is 10.8 Å². The molecule has 2 unspecified atom stereocenters. The van der Waals surface area contributed by atoms with Gasteiger partial charge in [-0.3, -0.25) is 0 Å². The second-order valence-electron chi connectivity index (χ2n) is 5.23. The van der Waals surface area contributed by atoms with E-state index in [2.05, 4.69) is 13.8 Å². The Morgan fingerprint density at radius 2 is 1.84 bits per heavy atom. The molecule has 0 heterocycles. The van der Waals surface area contributed by atoms with Crippen molar-refractivity contribution in [1.29, 1.82) is 0 Å². The van der Waals surface area contributed by atoms with Gasteiger partial charge in [-0.1, -0.05) is 50.4 Å². The van der Waals surface area contributed by atoms with Crippen LogP contribution in [0.4, 0.5) is 0 Å². The zero-order valence-electron chi connectivity index (χ0n) is 12.0. The Balaban J connectivity index is 2.87. The van der Waals surface area contributed by atoms with Crippen LogP contribution in [-0.4, -0.2) is 17.8 Å². The van der Waals surface area contributed by atoms with Gasteiger partial charge >= 0.3 is 0 Å². The van der Waals surface area contributed by atoms with Gasteiger partial charge in [0.1, 0.15) is 0 Å². The summed E-state index contributed by atoms with van der Waals surface area (Å²) >= 11 is 6.03. The summed E-state index contributed by atoms with van der Waals surface area (Å²) in [4.78, 5) is 0. The van der Waals surface area contributed by atoms with Crippen molar-refractivity contribution in [2.45, 2.75) is 51.6 Å². The van der Waals surface area contributed by atoms with Gasteiger partial charge in [0.15, 0.2) is 0 Å². The third-order valence-corrected chi connectivity index (χ3v) is 3.98. The van der Waals surface area contributed by atoms with E-state index in [1.54, 1.807) is 0 Å². The zero-order valence-corrected chi connectivity index (χ0v) is 12.7. The number of aliphatic hydroxyl groups excluding tert-OH is 1. The van der Waals surface area contributed by atoms with Gasteiger partial charge in [0.2, 0.25) is 0 Å². The third kappa shape index (κ3) is 4.79. The average Bonchev–Trinajstić information content (AvgIpc) is 2.39. The Hall–Kier alpha value is -0.570. The van der Waals surface area contributed by atoms with Crippen LogP contribution in [0.25, 0.3) is 0 Å². The highest BCUT2D eigenvalue weighted by molar-refractivity contribution is 6.30. The maximum atomic E-state index is 10.7. The predicted octanol–water partition coefficient (Wildman–Crippen LogP) is 3.96. The standard InChI is InChI=1S/C16H26ClNO/c1-3-6-12(7-4-2)16(19)15(11-18)13-8-5-9-14(17)10-13/h5,8-10,12,15-16,19H,3-4,6-7,11,18H2,1-2H3. The smallest absolute Gasteiger partial charge is 0.0648 e. The first-order chi connectivity index (χ1) is 9.13. The molecule has 0 aliphatic heterocycles. The molecule has 3 heteroatoms. The van der Waals surface area contributed by atoms with E-state index in [1.807, 2.05) is 24.3 Å². The van der Waals surface area contributed by atoms with E-state index < -0.39 is 0 Å². The Kier molecular flexibility index (Phi) is 7.44. The van der Waals surface area contributed by atoms with E-state index in [4.69, 9.17) is 17.3 Å². The Morgan fingerprint density at radius 3 is 2.32 bits per heavy atom. The maximum absolute atomic E-state index is 10.7. The van der Waals surface area contributed by atoms with Gasteiger partial charge in [-0.2, -0.15) is 0 Å². The number of benzene rings is 1. The molecule has 2 nitrogen and oxygen atoms in total. The van der Waals surface area contributed by atoms with Gasteiger partial charge in [-0.15, -0.1) is 0 Å².